The van der Waals surface area contributed by atoms with E-state index >= 15 is 0 Å². The van der Waals surface area contributed by atoms with E-state index < -0.39 is 5.91 Å². The average molecular weight is 486 g/mol. The van der Waals surface area contributed by atoms with Gasteiger partial charge in [-0.05, 0) is 37.6 Å². The number of fused-ring (bicyclic) bond motifs is 1. The van der Waals surface area contributed by atoms with Crippen molar-refractivity contribution in [2.24, 2.45) is 0 Å². The van der Waals surface area contributed by atoms with E-state index in [0.29, 0.717) is 30.2 Å². The Kier molecular flexibility index (Phi) is 9.13. The number of rotatable bonds is 8. The summed E-state index contributed by atoms with van der Waals surface area (Å²) in [5, 5.41) is 6.21. The molecular formula is C21H23Cl3N4O3. The van der Waals surface area contributed by atoms with Gasteiger partial charge in [-0.15, -0.1) is 12.4 Å². The van der Waals surface area contributed by atoms with Gasteiger partial charge in [0.15, 0.2) is 5.65 Å². The second-order valence-electron chi connectivity index (χ2n) is 6.68. The van der Waals surface area contributed by atoms with Gasteiger partial charge in [0.25, 0.3) is 5.91 Å². The zero-order chi connectivity index (χ0) is 21.7. The SMILES string of the molecule is COCCCNC(=O)Cc1c(C)nc2c(NC(=O)c3c(Cl)cccc3Cl)cccn12.Cl. The van der Waals surface area contributed by atoms with Crippen LogP contribution in [-0.4, -0.2) is 41.5 Å². The van der Waals surface area contributed by atoms with Crippen molar-refractivity contribution in [3.05, 3.63) is 63.5 Å². The molecule has 0 aliphatic rings. The highest BCUT2D eigenvalue weighted by molar-refractivity contribution is 6.40. The predicted molar refractivity (Wildman–Crippen MR) is 125 cm³/mol. The number of hydrogen-bond donors (Lipinski definition) is 2. The molecule has 0 aliphatic carbocycles. The van der Waals surface area contributed by atoms with Gasteiger partial charge in [-0.25, -0.2) is 4.98 Å². The number of carbonyl (C=O) groups excluding carboxylic acids is 2. The van der Waals surface area contributed by atoms with Crippen LogP contribution in [-0.2, 0) is 16.0 Å². The molecule has 0 spiro atoms. The molecule has 0 fully saturated rings. The number of hydrogen-bond acceptors (Lipinski definition) is 4. The van der Waals surface area contributed by atoms with Gasteiger partial charge in [-0.3, -0.25) is 9.59 Å². The van der Waals surface area contributed by atoms with Crippen LogP contribution in [0, 0.1) is 6.92 Å². The predicted octanol–water partition coefficient (Wildman–Crippen LogP) is 4.32. The highest BCUT2D eigenvalue weighted by Gasteiger charge is 2.19. The van der Waals surface area contributed by atoms with Gasteiger partial charge in [0.1, 0.15) is 0 Å². The number of methoxy groups -OCH3 is 1. The Labute approximate surface area is 196 Å². The Morgan fingerprint density at radius 2 is 1.87 bits per heavy atom. The van der Waals surface area contributed by atoms with Crippen LogP contribution < -0.4 is 10.6 Å². The number of amides is 2. The maximum Gasteiger partial charge on any atom is 0.258 e. The maximum absolute atomic E-state index is 12.7. The van der Waals surface area contributed by atoms with Crippen LogP contribution in [0.2, 0.25) is 10.0 Å². The summed E-state index contributed by atoms with van der Waals surface area (Å²) < 4.78 is 6.78. The minimum Gasteiger partial charge on any atom is -0.385 e. The molecule has 3 aromatic rings. The van der Waals surface area contributed by atoms with E-state index in [1.165, 1.54) is 0 Å². The number of carbonyl (C=O) groups is 2. The summed E-state index contributed by atoms with van der Waals surface area (Å²) in [6, 6.07) is 8.39. The third-order valence-electron chi connectivity index (χ3n) is 4.56. The van der Waals surface area contributed by atoms with Gasteiger partial charge >= 0.3 is 0 Å². The van der Waals surface area contributed by atoms with Crippen molar-refractivity contribution in [1.82, 2.24) is 14.7 Å². The van der Waals surface area contributed by atoms with Gasteiger partial charge in [-0.2, -0.15) is 0 Å². The topological polar surface area (TPSA) is 84.7 Å². The number of aryl methyl sites for hydroxylation is 1. The molecule has 0 saturated heterocycles. The first kappa shape index (κ1) is 24.9. The van der Waals surface area contributed by atoms with Gasteiger partial charge in [0, 0.05) is 26.5 Å². The van der Waals surface area contributed by atoms with E-state index in [9.17, 15) is 9.59 Å². The number of imidazole rings is 1. The van der Waals surface area contributed by atoms with E-state index in [4.69, 9.17) is 27.9 Å². The number of nitrogens with one attached hydrogen (secondary N) is 2. The second kappa shape index (κ2) is 11.3. The Hall–Kier alpha value is -2.32. The Bertz CT molecular complexity index is 1060. The number of nitrogens with zero attached hydrogens (tertiary/aromatic N) is 2. The fourth-order valence-electron chi connectivity index (χ4n) is 3.10. The van der Waals surface area contributed by atoms with E-state index in [1.807, 2.05) is 6.92 Å². The number of halogens is 3. The third-order valence-corrected chi connectivity index (χ3v) is 5.19. The van der Waals surface area contributed by atoms with Crippen molar-refractivity contribution < 1.29 is 14.3 Å². The monoisotopic (exact) mass is 484 g/mol. The Morgan fingerprint density at radius 1 is 1.16 bits per heavy atom. The summed E-state index contributed by atoms with van der Waals surface area (Å²) in [5.41, 5.74) is 2.68. The molecule has 0 radical (unpaired) electrons. The fraction of sp³-hybridized carbons (Fsp3) is 0.286. The largest absolute Gasteiger partial charge is 0.385 e. The Morgan fingerprint density at radius 3 is 2.55 bits per heavy atom. The molecule has 2 heterocycles. The van der Waals surface area contributed by atoms with E-state index in [-0.39, 0.29) is 40.3 Å². The first-order valence-corrected chi connectivity index (χ1v) is 10.2. The molecule has 2 N–H and O–H groups in total. The molecule has 2 aromatic heterocycles. The lowest BCUT2D eigenvalue weighted by Crippen LogP contribution is -2.27. The third kappa shape index (κ3) is 5.89. The molecule has 1 aromatic carbocycles. The highest BCUT2D eigenvalue weighted by Crippen LogP contribution is 2.27. The smallest absolute Gasteiger partial charge is 0.258 e. The number of aromatic nitrogens is 2. The normalized spacial score (nSPS) is 10.6. The van der Waals surface area contributed by atoms with E-state index in [2.05, 4.69) is 15.6 Å². The molecule has 10 heteroatoms. The summed E-state index contributed by atoms with van der Waals surface area (Å²) in [5.74, 6) is -0.537. The minimum atomic E-state index is -0.434. The molecule has 0 atom stereocenters. The second-order valence-corrected chi connectivity index (χ2v) is 7.50. The molecule has 166 valence electrons. The van der Waals surface area contributed by atoms with Crippen molar-refractivity contribution in [3.63, 3.8) is 0 Å². The quantitative estimate of drug-likeness (QED) is 0.465. The average Bonchev–Trinajstić information content (AvgIpc) is 3.02. The number of pyridine rings is 1. The molecule has 7 nitrogen and oxygen atoms in total. The van der Waals surface area contributed by atoms with E-state index in [1.54, 1.807) is 48.0 Å². The standard InChI is InChI=1S/C21H22Cl2N4O3.ClH/c1-13-17(12-18(28)24-9-5-11-30-2)27-10-4-8-16(20(27)25-13)26-21(29)19-14(22)6-3-7-15(19)23;/h3-4,6-8,10H,5,9,11-12H2,1-2H3,(H,24,28)(H,26,29);1H. The summed E-state index contributed by atoms with van der Waals surface area (Å²) in [7, 11) is 1.62. The molecular weight excluding hydrogens is 463 g/mol. The van der Waals surface area contributed by atoms with E-state index in [0.717, 1.165) is 12.1 Å². The van der Waals surface area contributed by atoms with Crippen molar-refractivity contribution >= 4 is 58.8 Å². The lowest BCUT2D eigenvalue weighted by Gasteiger charge is -2.10. The highest BCUT2D eigenvalue weighted by atomic mass is 35.5. The zero-order valence-corrected chi connectivity index (χ0v) is 19.4. The van der Waals surface area contributed by atoms with Crippen molar-refractivity contribution in [2.45, 2.75) is 19.8 Å². The zero-order valence-electron chi connectivity index (χ0n) is 17.1. The molecule has 2 amide bonds. The molecule has 0 aliphatic heterocycles. The summed E-state index contributed by atoms with van der Waals surface area (Å²) in [6.07, 6.45) is 2.73. The maximum atomic E-state index is 12.7. The van der Waals surface area contributed by atoms with Gasteiger partial charge < -0.3 is 19.8 Å². The van der Waals surface area contributed by atoms with Crippen LogP contribution in [0.1, 0.15) is 28.2 Å². The Balaban J connectivity index is 0.00000341. The van der Waals surface area contributed by atoms with Gasteiger partial charge in [0.05, 0.1) is 39.1 Å². The van der Waals surface area contributed by atoms with Crippen LogP contribution >= 0.6 is 35.6 Å². The van der Waals surface area contributed by atoms with Crippen molar-refractivity contribution in [2.75, 3.05) is 25.6 Å². The molecule has 0 bridgehead atoms. The summed E-state index contributed by atoms with van der Waals surface area (Å²) in [6.45, 7) is 2.97. The number of ether oxygens (including phenoxy) is 1. The van der Waals surface area contributed by atoms with Crippen LogP contribution in [0.3, 0.4) is 0 Å². The molecule has 0 unspecified atom stereocenters. The van der Waals surface area contributed by atoms with Crippen molar-refractivity contribution in [3.8, 4) is 0 Å². The summed E-state index contributed by atoms with van der Waals surface area (Å²) >= 11 is 12.3. The fourth-order valence-corrected chi connectivity index (χ4v) is 3.67. The van der Waals surface area contributed by atoms with Gasteiger partial charge in [0.2, 0.25) is 5.91 Å². The molecule has 0 saturated carbocycles. The lowest BCUT2D eigenvalue weighted by atomic mass is 10.2. The van der Waals surface area contributed by atoms with Gasteiger partial charge in [-0.1, -0.05) is 29.3 Å². The van der Waals surface area contributed by atoms with Crippen molar-refractivity contribution in [1.29, 1.82) is 0 Å². The first-order valence-electron chi connectivity index (χ1n) is 9.40. The van der Waals surface area contributed by atoms with Crippen LogP contribution in [0.4, 0.5) is 5.69 Å². The number of benzene rings is 1. The van der Waals surface area contributed by atoms with Crippen LogP contribution in [0.15, 0.2) is 36.5 Å². The first-order chi connectivity index (χ1) is 14.4. The summed E-state index contributed by atoms with van der Waals surface area (Å²) in [4.78, 5) is 29.6. The molecule has 3 rings (SSSR count). The molecule has 31 heavy (non-hydrogen) atoms. The number of anilines is 1. The lowest BCUT2D eigenvalue weighted by molar-refractivity contribution is -0.120. The van der Waals surface area contributed by atoms with Crippen LogP contribution in [0.25, 0.3) is 5.65 Å². The minimum absolute atomic E-state index is 0. The van der Waals surface area contributed by atoms with Crippen LogP contribution in [0.5, 0.6) is 0 Å².